The highest BCUT2D eigenvalue weighted by molar-refractivity contribution is 14.0. The first-order chi connectivity index (χ1) is 10.9. The summed E-state index contributed by atoms with van der Waals surface area (Å²) >= 11 is 0. The molecule has 6 nitrogen and oxygen atoms in total. The second-order valence-corrected chi connectivity index (χ2v) is 7.40. The molecule has 1 heterocycles. The minimum absolute atomic E-state index is 0. The highest BCUT2D eigenvalue weighted by atomic mass is 127. The summed E-state index contributed by atoms with van der Waals surface area (Å²) in [6, 6.07) is 3.16. The lowest BCUT2D eigenvalue weighted by atomic mass is 10.3. The van der Waals surface area contributed by atoms with E-state index >= 15 is 0 Å². The van der Waals surface area contributed by atoms with Crippen molar-refractivity contribution in [3.63, 3.8) is 0 Å². The summed E-state index contributed by atoms with van der Waals surface area (Å²) in [5.74, 6) is -0.904. The Morgan fingerprint density at radius 2 is 2.12 bits per heavy atom. The van der Waals surface area contributed by atoms with Gasteiger partial charge in [-0.3, -0.25) is 4.99 Å². The standard InChI is InChI=1S/C14H19F2N3O3S.HI/c1-17-14(19-10-4-7-23(20,21)9-10)18-5-6-22-11-2-3-12(15)13(16)8-11;/h2-3,8,10H,4-7,9H2,1H3,(H2,17,18,19);1H. The Balaban J connectivity index is 0.00000288. The first-order valence-corrected chi connectivity index (χ1v) is 8.97. The van der Waals surface area contributed by atoms with Crippen molar-refractivity contribution in [3.05, 3.63) is 29.8 Å². The highest BCUT2D eigenvalue weighted by Gasteiger charge is 2.28. The van der Waals surface area contributed by atoms with Crippen LogP contribution in [0.15, 0.2) is 23.2 Å². The van der Waals surface area contributed by atoms with Gasteiger partial charge in [-0.05, 0) is 18.6 Å². The lowest BCUT2D eigenvalue weighted by Gasteiger charge is -2.16. The van der Waals surface area contributed by atoms with Crippen molar-refractivity contribution in [2.24, 2.45) is 4.99 Å². The van der Waals surface area contributed by atoms with Gasteiger partial charge in [-0.15, -0.1) is 24.0 Å². The molecule has 2 rings (SSSR count). The van der Waals surface area contributed by atoms with E-state index in [1.54, 1.807) is 7.05 Å². The first kappa shape index (κ1) is 20.9. The van der Waals surface area contributed by atoms with E-state index < -0.39 is 21.5 Å². The summed E-state index contributed by atoms with van der Waals surface area (Å²) < 4.78 is 53.9. The molecule has 136 valence electrons. The van der Waals surface area contributed by atoms with Gasteiger partial charge in [0.1, 0.15) is 12.4 Å². The van der Waals surface area contributed by atoms with Crippen molar-refractivity contribution in [1.29, 1.82) is 0 Å². The van der Waals surface area contributed by atoms with Crippen LogP contribution in [0.4, 0.5) is 8.78 Å². The summed E-state index contributed by atoms with van der Waals surface area (Å²) in [7, 11) is -1.38. The number of hydrogen-bond acceptors (Lipinski definition) is 4. The number of nitrogens with one attached hydrogen (secondary N) is 2. The zero-order valence-corrected chi connectivity index (χ0v) is 16.2. The fraction of sp³-hybridized carbons (Fsp3) is 0.500. The van der Waals surface area contributed by atoms with Gasteiger partial charge in [0.25, 0.3) is 0 Å². The maximum absolute atomic E-state index is 13.0. The molecule has 24 heavy (non-hydrogen) atoms. The van der Waals surface area contributed by atoms with Crippen LogP contribution in [0.1, 0.15) is 6.42 Å². The van der Waals surface area contributed by atoms with E-state index in [0.717, 1.165) is 12.1 Å². The Bertz CT molecular complexity index is 686. The zero-order valence-electron chi connectivity index (χ0n) is 13.1. The quantitative estimate of drug-likeness (QED) is 0.291. The lowest BCUT2D eigenvalue weighted by molar-refractivity contribution is 0.318. The zero-order chi connectivity index (χ0) is 16.9. The van der Waals surface area contributed by atoms with Crippen LogP contribution in [0.25, 0.3) is 0 Å². The second-order valence-electron chi connectivity index (χ2n) is 5.17. The number of guanidine groups is 1. The van der Waals surface area contributed by atoms with E-state index in [2.05, 4.69) is 15.6 Å². The van der Waals surface area contributed by atoms with E-state index in [4.69, 9.17) is 4.74 Å². The maximum atomic E-state index is 13.0. The molecule has 0 radical (unpaired) electrons. The van der Waals surface area contributed by atoms with Gasteiger partial charge in [0.05, 0.1) is 18.1 Å². The van der Waals surface area contributed by atoms with Crippen molar-refractivity contribution in [3.8, 4) is 5.75 Å². The molecule has 1 unspecified atom stereocenters. The van der Waals surface area contributed by atoms with Gasteiger partial charge in [0, 0.05) is 19.2 Å². The third kappa shape index (κ3) is 6.38. The molecular formula is C14H20F2IN3O3S. The molecule has 1 aliphatic rings. The molecule has 0 bridgehead atoms. The van der Waals surface area contributed by atoms with Crippen LogP contribution in [-0.4, -0.2) is 52.1 Å². The maximum Gasteiger partial charge on any atom is 0.191 e. The Hall–Kier alpha value is -1.17. The molecule has 1 aromatic carbocycles. The lowest BCUT2D eigenvalue weighted by Crippen LogP contribution is -2.45. The van der Waals surface area contributed by atoms with Gasteiger partial charge < -0.3 is 15.4 Å². The fourth-order valence-electron chi connectivity index (χ4n) is 2.20. The predicted molar refractivity (Wildman–Crippen MR) is 98.8 cm³/mol. The highest BCUT2D eigenvalue weighted by Crippen LogP contribution is 2.15. The Labute approximate surface area is 157 Å². The van der Waals surface area contributed by atoms with E-state index in [9.17, 15) is 17.2 Å². The van der Waals surface area contributed by atoms with Gasteiger partial charge in [-0.1, -0.05) is 0 Å². The summed E-state index contributed by atoms with van der Waals surface area (Å²) in [6.45, 7) is 0.590. The number of aliphatic imine (C=N–C) groups is 1. The van der Waals surface area contributed by atoms with E-state index in [1.165, 1.54) is 6.07 Å². The molecule has 0 aliphatic carbocycles. The second kappa shape index (κ2) is 9.35. The number of halogens is 3. The van der Waals surface area contributed by atoms with Gasteiger partial charge in [0.15, 0.2) is 27.4 Å². The largest absolute Gasteiger partial charge is 0.492 e. The smallest absolute Gasteiger partial charge is 0.191 e. The molecular weight excluding hydrogens is 455 g/mol. The number of benzene rings is 1. The molecule has 1 fully saturated rings. The molecule has 0 aromatic heterocycles. The fourth-order valence-corrected chi connectivity index (χ4v) is 3.88. The normalized spacial score (nSPS) is 19.5. The van der Waals surface area contributed by atoms with Crippen molar-refractivity contribution in [2.75, 3.05) is 31.7 Å². The Kier molecular flexibility index (Phi) is 8.13. The Morgan fingerprint density at radius 3 is 2.71 bits per heavy atom. The monoisotopic (exact) mass is 475 g/mol. The predicted octanol–water partition coefficient (Wildman–Crippen LogP) is 1.31. The molecule has 10 heteroatoms. The molecule has 1 aliphatic heterocycles. The number of rotatable bonds is 5. The molecule has 1 saturated heterocycles. The molecule has 0 amide bonds. The van der Waals surface area contributed by atoms with E-state index in [0.29, 0.717) is 18.9 Å². The number of ether oxygens (including phenoxy) is 1. The number of sulfone groups is 1. The summed E-state index contributed by atoms with van der Waals surface area (Å²) in [4.78, 5) is 4.00. The van der Waals surface area contributed by atoms with Crippen LogP contribution in [-0.2, 0) is 9.84 Å². The topological polar surface area (TPSA) is 79.8 Å². The van der Waals surface area contributed by atoms with Crippen molar-refractivity contribution < 1.29 is 21.9 Å². The molecule has 0 saturated carbocycles. The van der Waals surface area contributed by atoms with E-state index in [1.807, 2.05) is 0 Å². The van der Waals surface area contributed by atoms with Crippen LogP contribution >= 0.6 is 24.0 Å². The van der Waals surface area contributed by atoms with Crippen LogP contribution in [0.5, 0.6) is 5.75 Å². The van der Waals surface area contributed by atoms with Crippen molar-refractivity contribution in [1.82, 2.24) is 10.6 Å². The average Bonchev–Trinajstić information content (AvgIpc) is 2.84. The minimum atomic E-state index is -2.95. The van der Waals surface area contributed by atoms with Crippen LogP contribution in [0.2, 0.25) is 0 Å². The van der Waals surface area contributed by atoms with Gasteiger partial charge >= 0.3 is 0 Å². The summed E-state index contributed by atoms with van der Waals surface area (Å²) in [6.07, 6.45) is 0.550. The summed E-state index contributed by atoms with van der Waals surface area (Å²) in [5.41, 5.74) is 0. The van der Waals surface area contributed by atoms with Crippen molar-refractivity contribution in [2.45, 2.75) is 12.5 Å². The van der Waals surface area contributed by atoms with Gasteiger partial charge in [0.2, 0.25) is 0 Å². The molecule has 1 aromatic rings. The molecule has 1 atom stereocenters. The van der Waals surface area contributed by atoms with Crippen molar-refractivity contribution >= 4 is 39.8 Å². The minimum Gasteiger partial charge on any atom is -0.492 e. The average molecular weight is 475 g/mol. The molecule has 2 N–H and O–H groups in total. The molecule has 0 spiro atoms. The SMILES string of the molecule is CN=C(NCCOc1ccc(F)c(F)c1)NC1CCS(=O)(=O)C1.I. The van der Waals surface area contributed by atoms with Gasteiger partial charge in [-0.25, -0.2) is 17.2 Å². The third-order valence-corrected chi connectivity index (χ3v) is 5.12. The number of hydrogen-bond donors (Lipinski definition) is 2. The third-order valence-electron chi connectivity index (χ3n) is 3.35. The van der Waals surface area contributed by atoms with Crippen LogP contribution < -0.4 is 15.4 Å². The first-order valence-electron chi connectivity index (χ1n) is 7.15. The van der Waals surface area contributed by atoms with E-state index in [-0.39, 0.29) is 53.9 Å². The van der Waals surface area contributed by atoms with Gasteiger partial charge in [-0.2, -0.15) is 0 Å². The number of nitrogens with zero attached hydrogens (tertiary/aromatic N) is 1. The van der Waals surface area contributed by atoms with Crippen LogP contribution in [0.3, 0.4) is 0 Å². The Morgan fingerprint density at radius 1 is 1.38 bits per heavy atom. The summed E-state index contributed by atoms with van der Waals surface area (Å²) in [5, 5.41) is 6.00. The van der Waals surface area contributed by atoms with Crippen LogP contribution in [0, 0.1) is 11.6 Å².